The number of thiazole rings is 1. The number of pyridine rings is 3. The molecule has 0 radical (unpaired) electrons. The number of benzene rings is 1. The number of hydrogen-bond acceptors (Lipinski definition) is 8. The van der Waals surface area contributed by atoms with Crippen LogP contribution in [0.5, 0.6) is 0 Å². The van der Waals surface area contributed by atoms with Gasteiger partial charge in [0.05, 0.1) is 31.3 Å². The molecule has 6 rings (SSSR count). The van der Waals surface area contributed by atoms with Crippen molar-refractivity contribution in [1.29, 1.82) is 0 Å². The van der Waals surface area contributed by atoms with Crippen molar-refractivity contribution < 1.29 is 8.42 Å². The summed E-state index contributed by atoms with van der Waals surface area (Å²) in [6.45, 7) is 0. The molecular weight excluding hydrogens is 454 g/mol. The Hall–Kier alpha value is -3.43. The summed E-state index contributed by atoms with van der Waals surface area (Å²) < 4.78 is 25.8. The van der Waals surface area contributed by atoms with Crippen LogP contribution < -0.4 is 5.32 Å². The van der Waals surface area contributed by atoms with Crippen LogP contribution in [-0.4, -0.2) is 34.6 Å². The van der Waals surface area contributed by atoms with Crippen molar-refractivity contribution in [2.24, 2.45) is 0 Å². The van der Waals surface area contributed by atoms with E-state index in [0.29, 0.717) is 28.5 Å². The Morgan fingerprint density at radius 3 is 2.73 bits per heavy atom. The molecule has 0 spiro atoms. The average molecular weight is 474 g/mol. The van der Waals surface area contributed by atoms with E-state index < -0.39 is 9.84 Å². The maximum Gasteiger partial charge on any atom is 0.176 e. The standard InChI is InChI=1S/C24H19N5O2S2/c1-33(30,31)22-8-10-25-13-17(22)20-12-19-16(3-2-9-26-19)23(28-20)27-15-6-7-18-21(11-15)32-24(29-18)14-4-5-14/h2-3,6-14H,4-5H2,1H3,(H,27,28). The van der Waals surface area contributed by atoms with Crippen molar-refractivity contribution in [2.45, 2.75) is 23.7 Å². The third kappa shape index (κ3) is 3.83. The Labute approximate surface area is 194 Å². The summed E-state index contributed by atoms with van der Waals surface area (Å²) in [5, 5.41) is 5.47. The molecule has 9 heteroatoms. The summed E-state index contributed by atoms with van der Waals surface area (Å²) in [5.74, 6) is 1.22. The molecule has 164 valence electrons. The first-order valence-corrected chi connectivity index (χ1v) is 13.2. The van der Waals surface area contributed by atoms with Gasteiger partial charge in [0.1, 0.15) is 5.82 Å². The van der Waals surface area contributed by atoms with E-state index in [9.17, 15) is 8.42 Å². The van der Waals surface area contributed by atoms with E-state index in [-0.39, 0.29) is 4.90 Å². The molecule has 0 bridgehead atoms. The third-order valence-electron chi connectivity index (χ3n) is 5.65. The van der Waals surface area contributed by atoms with Gasteiger partial charge < -0.3 is 5.32 Å². The van der Waals surface area contributed by atoms with Gasteiger partial charge in [-0.25, -0.2) is 18.4 Å². The average Bonchev–Trinajstić information content (AvgIpc) is 3.57. The normalized spacial score (nSPS) is 14.1. The number of nitrogens with one attached hydrogen (secondary N) is 1. The van der Waals surface area contributed by atoms with Crippen molar-refractivity contribution in [3.05, 3.63) is 66.1 Å². The molecule has 1 saturated carbocycles. The van der Waals surface area contributed by atoms with E-state index in [2.05, 4.69) is 21.4 Å². The molecule has 33 heavy (non-hydrogen) atoms. The monoisotopic (exact) mass is 473 g/mol. The summed E-state index contributed by atoms with van der Waals surface area (Å²) in [6.07, 6.45) is 8.34. The molecular formula is C24H19N5O2S2. The maximum absolute atomic E-state index is 12.4. The number of anilines is 2. The molecule has 1 fully saturated rings. The highest BCUT2D eigenvalue weighted by Gasteiger charge is 2.27. The van der Waals surface area contributed by atoms with E-state index in [0.717, 1.165) is 21.3 Å². The van der Waals surface area contributed by atoms with Crippen molar-refractivity contribution in [1.82, 2.24) is 19.9 Å². The van der Waals surface area contributed by atoms with Crippen LogP contribution in [0.15, 0.2) is 66.0 Å². The Morgan fingerprint density at radius 1 is 1.03 bits per heavy atom. The topological polar surface area (TPSA) is 97.7 Å². The summed E-state index contributed by atoms with van der Waals surface area (Å²) in [5.41, 5.74) is 3.55. The van der Waals surface area contributed by atoms with Gasteiger partial charge in [0, 0.05) is 47.4 Å². The van der Waals surface area contributed by atoms with Gasteiger partial charge >= 0.3 is 0 Å². The highest BCUT2D eigenvalue weighted by molar-refractivity contribution is 7.90. The molecule has 0 atom stereocenters. The summed E-state index contributed by atoms with van der Waals surface area (Å²) >= 11 is 1.74. The molecule has 1 aliphatic carbocycles. The van der Waals surface area contributed by atoms with E-state index in [1.807, 2.05) is 24.3 Å². The first-order valence-electron chi connectivity index (χ1n) is 10.5. The molecule has 5 aromatic rings. The van der Waals surface area contributed by atoms with Crippen LogP contribution in [-0.2, 0) is 9.84 Å². The van der Waals surface area contributed by atoms with E-state index in [1.54, 1.807) is 23.6 Å². The second-order valence-corrected chi connectivity index (χ2v) is 11.3. The van der Waals surface area contributed by atoms with Crippen molar-refractivity contribution in [3.8, 4) is 11.3 Å². The summed E-state index contributed by atoms with van der Waals surface area (Å²) in [7, 11) is -3.46. The third-order valence-corrected chi connectivity index (χ3v) is 7.99. The lowest BCUT2D eigenvalue weighted by atomic mass is 10.1. The molecule has 4 aromatic heterocycles. The maximum atomic E-state index is 12.4. The van der Waals surface area contributed by atoms with Crippen LogP contribution in [0.4, 0.5) is 11.5 Å². The van der Waals surface area contributed by atoms with Crippen LogP contribution in [0.25, 0.3) is 32.4 Å². The Balaban J connectivity index is 1.47. The fourth-order valence-electron chi connectivity index (χ4n) is 3.87. The van der Waals surface area contributed by atoms with Gasteiger partial charge in [-0.15, -0.1) is 11.3 Å². The second kappa shape index (κ2) is 7.57. The minimum absolute atomic E-state index is 0.185. The lowest BCUT2D eigenvalue weighted by Crippen LogP contribution is -2.03. The Bertz CT molecular complexity index is 1640. The minimum atomic E-state index is -3.46. The lowest BCUT2D eigenvalue weighted by molar-refractivity contribution is 0.602. The zero-order valence-corrected chi connectivity index (χ0v) is 19.3. The van der Waals surface area contributed by atoms with Gasteiger partial charge in [0.25, 0.3) is 0 Å². The fraction of sp³-hybridized carbons (Fsp3) is 0.167. The van der Waals surface area contributed by atoms with Crippen LogP contribution in [0.2, 0.25) is 0 Å². The zero-order valence-electron chi connectivity index (χ0n) is 17.7. The van der Waals surface area contributed by atoms with Crippen LogP contribution in [0, 0.1) is 0 Å². The van der Waals surface area contributed by atoms with Crippen molar-refractivity contribution in [2.75, 3.05) is 11.6 Å². The summed E-state index contributed by atoms with van der Waals surface area (Å²) in [6, 6.07) is 13.2. The van der Waals surface area contributed by atoms with Crippen molar-refractivity contribution >= 4 is 53.8 Å². The van der Waals surface area contributed by atoms with Gasteiger partial charge in [0.15, 0.2) is 9.84 Å². The highest BCUT2D eigenvalue weighted by Crippen LogP contribution is 2.43. The molecule has 0 unspecified atom stereocenters. The molecule has 1 aromatic carbocycles. The minimum Gasteiger partial charge on any atom is -0.340 e. The smallest absolute Gasteiger partial charge is 0.176 e. The first-order chi connectivity index (χ1) is 16.0. The number of nitrogens with zero attached hydrogens (tertiary/aromatic N) is 4. The number of sulfone groups is 1. The van der Waals surface area contributed by atoms with Crippen LogP contribution in [0.3, 0.4) is 0 Å². The predicted octanol–water partition coefficient (Wildman–Crippen LogP) is 5.33. The van der Waals surface area contributed by atoms with Gasteiger partial charge in [-0.2, -0.15) is 0 Å². The van der Waals surface area contributed by atoms with Gasteiger partial charge in [-0.1, -0.05) is 0 Å². The molecule has 0 aliphatic heterocycles. The molecule has 7 nitrogen and oxygen atoms in total. The van der Waals surface area contributed by atoms with E-state index in [1.165, 1.54) is 42.6 Å². The second-order valence-electron chi connectivity index (χ2n) is 8.20. The molecule has 0 amide bonds. The van der Waals surface area contributed by atoms with Gasteiger partial charge in [0.2, 0.25) is 0 Å². The van der Waals surface area contributed by atoms with Gasteiger partial charge in [-0.3, -0.25) is 9.97 Å². The van der Waals surface area contributed by atoms with Crippen molar-refractivity contribution in [3.63, 3.8) is 0 Å². The SMILES string of the molecule is CS(=O)(=O)c1ccncc1-c1cc2ncccc2c(Nc2ccc3nc(C4CC4)sc3c2)n1. The number of aromatic nitrogens is 4. The van der Waals surface area contributed by atoms with Crippen LogP contribution >= 0.6 is 11.3 Å². The quantitative estimate of drug-likeness (QED) is 0.369. The van der Waals surface area contributed by atoms with Gasteiger partial charge in [-0.05, 0) is 55.3 Å². The van der Waals surface area contributed by atoms with E-state index >= 15 is 0 Å². The number of hydrogen-bond donors (Lipinski definition) is 1. The molecule has 1 N–H and O–H groups in total. The van der Waals surface area contributed by atoms with E-state index in [4.69, 9.17) is 9.97 Å². The molecule has 4 heterocycles. The highest BCUT2D eigenvalue weighted by atomic mass is 32.2. The molecule has 0 saturated heterocycles. The zero-order chi connectivity index (χ0) is 22.6. The fourth-order valence-corrected chi connectivity index (χ4v) is 5.91. The molecule has 1 aliphatic rings. The number of fused-ring (bicyclic) bond motifs is 2. The lowest BCUT2D eigenvalue weighted by Gasteiger charge is -2.13. The number of rotatable bonds is 5. The Kier molecular flexibility index (Phi) is 4.63. The largest absolute Gasteiger partial charge is 0.340 e. The summed E-state index contributed by atoms with van der Waals surface area (Å²) in [4.78, 5) is 18.4. The predicted molar refractivity (Wildman–Crippen MR) is 131 cm³/mol. The first kappa shape index (κ1) is 20.2. The Morgan fingerprint density at radius 2 is 1.91 bits per heavy atom. The van der Waals surface area contributed by atoms with Crippen LogP contribution in [0.1, 0.15) is 23.8 Å².